The number of aliphatic hydroxyl groups is 1. The zero-order valence-corrected chi connectivity index (χ0v) is 28.0. The number of carbonyl (C=O) groups excluding carboxylic acids is 4. The van der Waals surface area contributed by atoms with E-state index in [1.54, 1.807) is 34.6 Å². The van der Waals surface area contributed by atoms with Gasteiger partial charge in [0.2, 0.25) is 0 Å². The first-order valence-electron chi connectivity index (χ1n) is 15.2. The summed E-state index contributed by atoms with van der Waals surface area (Å²) in [6.07, 6.45) is -1.76. The topological polar surface area (TPSA) is 138 Å². The number of esters is 2. The summed E-state index contributed by atoms with van der Waals surface area (Å²) in [5.41, 5.74) is -2.56. The second-order valence-corrected chi connectivity index (χ2v) is 13.0. The molecule has 0 aliphatic carbocycles. The number of Topliss-reactive ketones (excluding diaryl/α,β-unsaturated/α-hetero) is 2. The summed E-state index contributed by atoms with van der Waals surface area (Å²) in [5.74, 6) is -4.73. The zero-order chi connectivity index (χ0) is 33.0. The molecule has 0 unspecified atom stereocenters. The van der Waals surface area contributed by atoms with Crippen LogP contribution in [0.25, 0.3) is 0 Å². The van der Waals surface area contributed by atoms with Crippen LogP contribution in [0, 0.1) is 17.8 Å². The maximum Gasteiger partial charge on any atom is 0.316 e. The number of allylic oxidation sites excluding steroid dienone is 1. The van der Waals surface area contributed by atoms with E-state index in [1.807, 2.05) is 25.9 Å². The van der Waals surface area contributed by atoms with Gasteiger partial charge in [-0.2, -0.15) is 0 Å². The predicted molar refractivity (Wildman–Crippen MR) is 159 cm³/mol. The Morgan fingerprint density at radius 2 is 1.74 bits per heavy atom. The molecule has 0 radical (unpaired) electrons. The first-order chi connectivity index (χ1) is 19.8. The van der Waals surface area contributed by atoms with Crippen molar-refractivity contribution in [1.82, 2.24) is 4.90 Å². The molecule has 2 aliphatic heterocycles. The lowest BCUT2D eigenvalue weighted by Crippen LogP contribution is -2.60. The number of likely N-dealkylation sites (N-methyl/N-ethyl adjacent to an activating group) is 1. The van der Waals surface area contributed by atoms with E-state index in [2.05, 4.69) is 0 Å². The molecule has 2 heterocycles. The summed E-state index contributed by atoms with van der Waals surface area (Å²) in [6, 6.07) is -0.239. The van der Waals surface area contributed by atoms with E-state index in [0.29, 0.717) is 12.0 Å². The molecule has 0 aromatic carbocycles. The Labute approximate surface area is 256 Å². The van der Waals surface area contributed by atoms with Crippen molar-refractivity contribution < 1.29 is 48.0 Å². The summed E-state index contributed by atoms with van der Waals surface area (Å²) >= 11 is 0. The lowest BCUT2D eigenvalue weighted by atomic mass is 9.77. The van der Waals surface area contributed by atoms with Crippen molar-refractivity contribution in [2.45, 2.75) is 130 Å². The fourth-order valence-electron chi connectivity index (χ4n) is 6.42. The van der Waals surface area contributed by atoms with Gasteiger partial charge >= 0.3 is 11.9 Å². The Kier molecular flexibility index (Phi) is 12.7. The van der Waals surface area contributed by atoms with Crippen LogP contribution in [0.1, 0.15) is 81.6 Å². The molecular formula is C32H53NO10. The first kappa shape index (κ1) is 37.0. The number of ketones is 2. The van der Waals surface area contributed by atoms with E-state index in [9.17, 15) is 24.3 Å². The molecule has 0 aromatic rings. The number of ether oxygens (including phenoxy) is 5. The quantitative estimate of drug-likeness (QED) is 0.350. The van der Waals surface area contributed by atoms with Gasteiger partial charge < -0.3 is 33.7 Å². The summed E-state index contributed by atoms with van der Waals surface area (Å²) in [4.78, 5) is 54.8. The van der Waals surface area contributed by atoms with Gasteiger partial charge in [0.05, 0.1) is 23.9 Å². The van der Waals surface area contributed by atoms with Crippen LogP contribution in [-0.2, 0) is 42.9 Å². The third kappa shape index (κ3) is 8.72. The standard InChI is InChI=1S/C32H53NO10/c1-13-24-31(8,38)15-17(2)25(35)18(3)16-32(9,39-12)28(20(5)26(36)21(6)29(37)42-24)43-30-27(41-22(7)34)23(33(10)11)14-19(4)40-30/h15,18-21,23-24,27-28,30,38H,13-14,16H2,1-12H3/b17-15+/t18-,19-,20+,21-,23+,24-,27-,28-,30+,31+,32+/m1/s1. The molecule has 0 amide bonds. The van der Waals surface area contributed by atoms with Gasteiger partial charge in [0, 0.05) is 25.9 Å². The minimum atomic E-state index is -1.64. The normalized spacial score (nSPS) is 41.7. The van der Waals surface area contributed by atoms with Gasteiger partial charge in [0.25, 0.3) is 0 Å². The Balaban J connectivity index is 2.68. The van der Waals surface area contributed by atoms with Crippen LogP contribution in [0.15, 0.2) is 11.6 Å². The van der Waals surface area contributed by atoms with Gasteiger partial charge in [-0.3, -0.25) is 19.2 Å². The number of rotatable bonds is 6. The smallest absolute Gasteiger partial charge is 0.316 e. The van der Waals surface area contributed by atoms with Gasteiger partial charge in [0.15, 0.2) is 24.0 Å². The minimum absolute atomic E-state index is 0.144. The highest BCUT2D eigenvalue weighted by atomic mass is 16.7. The molecule has 11 heteroatoms. The van der Waals surface area contributed by atoms with E-state index in [1.165, 1.54) is 34.0 Å². The summed E-state index contributed by atoms with van der Waals surface area (Å²) in [5, 5.41) is 11.2. The van der Waals surface area contributed by atoms with E-state index < -0.39 is 71.3 Å². The summed E-state index contributed by atoms with van der Waals surface area (Å²) in [6.45, 7) is 14.6. The summed E-state index contributed by atoms with van der Waals surface area (Å²) < 4.78 is 30.2. The Bertz CT molecular complexity index is 1050. The van der Waals surface area contributed by atoms with Gasteiger partial charge in [-0.1, -0.05) is 20.8 Å². The van der Waals surface area contributed by atoms with Gasteiger partial charge in [0.1, 0.15) is 17.6 Å². The predicted octanol–water partition coefficient (Wildman–Crippen LogP) is 3.24. The van der Waals surface area contributed by atoms with Gasteiger partial charge in [-0.15, -0.1) is 0 Å². The van der Waals surface area contributed by atoms with Crippen LogP contribution >= 0.6 is 0 Å². The maximum atomic E-state index is 13.9. The molecule has 0 saturated carbocycles. The summed E-state index contributed by atoms with van der Waals surface area (Å²) in [7, 11) is 5.22. The van der Waals surface area contributed by atoms with Gasteiger partial charge in [-0.25, -0.2) is 0 Å². The number of hydrogen-bond acceptors (Lipinski definition) is 11. The molecule has 1 fully saturated rings. The maximum absolute atomic E-state index is 13.9. The molecule has 1 N–H and O–H groups in total. The van der Waals surface area contributed by atoms with E-state index in [-0.39, 0.29) is 30.8 Å². The lowest BCUT2D eigenvalue weighted by molar-refractivity contribution is -0.297. The Morgan fingerprint density at radius 1 is 1.14 bits per heavy atom. The lowest BCUT2D eigenvalue weighted by Gasteiger charge is -2.47. The molecule has 0 spiro atoms. The zero-order valence-electron chi connectivity index (χ0n) is 28.0. The molecule has 1 saturated heterocycles. The van der Waals surface area contributed by atoms with Crippen LogP contribution in [-0.4, -0.2) is 103 Å². The number of carbonyl (C=O) groups is 4. The molecule has 246 valence electrons. The number of nitrogens with zero attached hydrogens (tertiary/aromatic N) is 1. The van der Waals surface area contributed by atoms with Crippen molar-refractivity contribution >= 4 is 23.5 Å². The highest BCUT2D eigenvalue weighted by molar-refractivity contribution is 6.00. The number of hydrogen-bond donors (Lipinski definition) is 1. The molecule has 2 aliphatic rings. The largest absolute Gasteiger partial charge is 0.458 e. The van der Waals surface area contributed by atoms with Crippen molar-refractivity contribution in [2.75, 3.05) is 21.2 Å². The van der Waals surface area contributed by atoms with Crippen LogP contribution in [0.5, 0.6) is 0 Å². The number of cyclic esters (lactones) is 1. The average Bonchev–Trinajstić information content (AvgIpc) is 2.92. The molecule has 11 atom stereocenters. The fourth-order valence-corrected chi connectivity index (χ4v) is 6.42. The minimum Gasteiger partial charge on any atom is -0.458 e. The van der Waals surface area contributed by atoms with E-state index in [0.717, 1.165) is 0 Å². The molecule has 43 heavy (non-hydrogen) atoms. The van der Waals surface area contributed by atoms with Crippen molar-refractivity contribution in [3.05, 3.63) is 11.6 Å². The van der Waals surface area contributed by atoms with Crippen molar-refractivity contribution in [3.63, 3.8) is 0 Å². The molecular weight excluding hydrogens is 558 g/mol. The van der Waals surface area contributed by atoms with Gasteiger partial charge in [-0.05, 0) is 79.6 Å². The Morgan fingerprint density at radius 3 is 2.26 bits per heavy atom. The van der Waals surface area contributed by atoms with Crippen LogP contribution in [0.4, 0.5) is 0 Å². The average molecular weight is 612 g/mol. The fraction of sp³-hybridized carbons (Fsp3) is 0.812. The third-order valence-corrected chi connectivity index (χ3v) is 8.92. The second kappa shape index (κ2) is 14.7. The first-order valence-corrected chi connectivity index (χ1v) is 15.2. The molecule has 11 nitrogen and oxygen atoms in total. The second-order valence-electron chi connectivity index (χ2n) is 13.0. The van der Waals surface area contributed by atoms with E-state index in [4.69, 9.17) is 23.7 Å². The molecule has 2 rings (SSSR count). The molecule has 0 aromatic heterocycles. The monoisotopic (exact) mass is 611 g/mol. The van der Waals surface area contributed by atoms with Crippen molar-refractivity contribution in [3.8, 4) is 0 Å². The molecule has 0 bridgehead atoms. The van der Waals surface area contributed by atoms with E-state index >= 15 is 0 Å². The van der Waals surface area contributed by atoms with Crippen LogP contribution in [0.3, 0.4) is 0 Å². The SMILES string of the molecule is CC[C@H]1OC(=O)[C@H](C)C(=O)[C@H](C)[C@@H](O[C@@H]2O[C@H](C)C[C@H](N(C)C)[C@H]2OC(C)=O)[C@@](C)(OC)C[C@@H](C)C(=O)/C(C)=C/[C@]1(C)O. The van der Waals surface area contributed by atoms with Crippen LogP contribution < -0.4 is 0 Å². The van der Waals surface area contributed by atoms with Crippen molar-refractivity contribution in [2.24, 2.45) is 17.8 Å². The highest BCUT2D eigenvalue weighted by Crippen LogP contribution is 2.38. The highest BCUT2D eigenvalue weighted by Gasteiger charge is 2.50. The Hall–Kier alpha value is -2.18. The third-order valence-electron chi connectivity index (χ3n) is 8.92. The van der Waals surface area contributed by atoms with Crippen LogP contribution in [0.2, 0.25) is 0 Å². The van der Waals surface area contributed by atoms with Crippen molar-refractivity contribution in [1.29, 1.82) is 0 Å². The number of methoxy groups -OCH3 is 1.